The number of nitrogens with zero attached hydrogens (tertiary/aromatic N) is 2. The third-order valence-electron chi connectivity index (χ3n) is 6.29. The smallest absolute Gasteiger partial charge is 0.261 e. The number of imidazole rings is 1. The Morgan fingerprint density at radius 1 is 0.824 bits per heavy atom. The van der Waals surface area contributed by atoms with Crippen LogP contribution in [0.15, 0.2) is 85.1 Å². The lowest BCUT2D eigenvalue weighted by Crippen LogP contribution is -2.31. The molecule has 1 aromatic heterocycles. The van der Waals surface area contributed by atoms with E-state index in [4.69, 9.17) is 11.6 Å². The van der Waals surface area contributed by atoms with Gasteiger partial charge in [0.25, 0.3) is 11.8 Å². The molecule has 0 radical (unpaired) electrons. The molecule has 2 amide bonds. The van der Waals surface area contributed by atoms with E-state index >= 15 is 0 Å². The normalized spacial score (nSPS) is 13.9. The van der Waals surface area contributed by atoms with Gasteiger partial charge in [0.2, 0.25) is 0 Å². The first-order chi connectivity index (χ1) is 16.6. The van der Waals surface area contributed by atoms with E-state index in [2.05, 4.69) is 40.3 Å². The largest absolute Gasteiger partial charge is 0.346 e. The van der Waals surface area contributed by atoms with Crippen LogP contribution in [0, 0.1) is 0 Å². The summed E-state index contributed by atoms with van der Waals surface area (Å²) in [5.41, 5.74) is 4.28. The van der Waals surface area contributed by atoms with Crippen LogP contribution in [0.2, 0.25) is 5.02 Å². The number of fused-ring (bicyclic) bond motifs is 1. The number of benzene rings is 3. The summed E-state index contributed by atoms with van der Waals surface area (Å²) < 4.78 is 0. The number of rotatable bonds is 8. The second kappa shape index (κ2) is 9.65. The van der Waals surface area contributed by atoms with E-state index in [-0.39, 0.29) is 17.7 Å². The first kappa shape index (κ1) is 22.1. The summed E-state index contributed by atoms with van der Waals surface area (Å²) in [6.07, 6.45) is 3.97. The molecule has 0 fully saturated rings. The Hall–Kier alpha value is -3.70. The van der Waals surface area contributed by atoms with Crippen LogP contribution in [0.4, 0.5) is 0 Å². The van der Waals surface area contributed by atoms with Crippen molar-refractivity contribution in [3.63, 3.8) is 0 Å². The minimum atomic E-state index is -0.229. The van der Waals surface area contributed by atoms with Crippen molar-refractivity contribution in [3.8, 4) is 0 Å². The Balaban J connectivity index is 1.24. The summed E-state index contributed by atoms with van der Waals surface area (Å²) in [6, 6.07) is 25.4. The van der Waals surface area contributed by atoms with Gasteiger partial charge in [0.15, 0.2) is 0 Å². The molecule has 4 aromatic rings. The summed E-state index contributed by atoms with van der Waals surface area (Å²) in [4.78, 5) is 34.4. The van der Waals surface area contributed by atoms with Gasteiger partial charge in [-0.2, -0.15) is 0 Å². The van der Waals surface area contributed by atoms with Crippen LogP contribution in [0.3, 0.4) is 0 Å². The summed E-state index contributed by atoms with van der Waals surface area (Å²) >= 11 is 6.27. The highest BCUT2D eigenvalue weighted by Crippen LogP contribution is 2.30. The van der Waals surface area contributed by atoms with Crippen molar-refractivity contribution in [2.75, 3.05) is 6.54 Å². The lowest BCUT2D eigenvalue weighted by atomic mass is 9.87. The maximum atomic E-state index is 12.6. The molecule has 1 unspecified atom stereocenters. The Labute approximate surface area is 203 Å². The van der Waals surface area contributed by atoms with Crippen LogP contribution >= 0.6 is 11.6 Å². The zero-order valence-electron chi connectivity index (χ0n) is 18.6. The molecule has 1 aliphatic rings. The summed E-state index contributed by atoms with van der Waals surface area (Å²) in [7, 11) is 0. The average molecular weight is 470 g/mol. The van der Waals surface area contributed by atoms with Crippen molar-refractivity contribution in [2.45, 2.75) is 25.2 Å². The number of hydrogen-bond acceptors (Lipinski definition) is 3. The molecular weight excluding hydrogens is 446 g/mol. The van der Waals surface area contributed by atoms with Gasteiger partial charge in [-0.1, -0.05) is 66.2 Å². The van der Waals surface area contributed by atoms with Crippen LogP contribution in [0.25, 0.3) is 0 Å². The molecule has 0 saturated heterocycles. The van der Waals surface area contributed by atoms with E-state index in [1.807, 2.05) is 24.3 Å². The number of H-pyrrole nitrogens is 1. The number of aryl methyl sites for hydroxylation is 1. The summed E-state index contributed by atoms with van der Waals surface area (Å²) in [6.45, 7) is 0.323. The topological polar surface area (TPSA) is 66.1 Å². The van der Waals surface area contributed by atoms with Crippen molar-refractivity contribution >= 4 is 23.4 Å². The number of nitrogens with one attached hydrogen (secondary N) is 1. The Morgan fingerprint density at radius 3 is 2.21 bits per heavy atom. The second-order valence-electron chi connectivity index (χ2n) is 8.47. The van der Waals surface area contributed by atoms with Gasteiger partial charge in [-0.15, -0.1) is 0 Å². The number of carbonyl (C=O) groups excluding carboxylic acids is 2. The van der Waals surface area contributed by atoms with Gasteiger partial charge in [0.05, 0.1) is 11.1 Å². The third kappa shape index (κ3) is 4.52. The molecule has 5 rings (SSSR count). The fourth-order valence-corrected chi connectivity index (χ4v) is 4.75. The SMILES string of the molecule is O=C1c2ccccc2C(=O)N1CCc1cnc(CCC(c2ccccc2)c2cccc(Cl)c2)[nH]1. The van der Waals surface area contributed by atoms with Gasteiger partial charge in [0.1, 0.15) is 5.82 Å². The highest BCUT2D eigenvalue weighted by molar-refractivity contribution is 6.30. The molecule has 1 atom stereocenters. The lowest BCUT2D eigenvalue weighted by molar-refractivity contribution is 0.0656. The predicted octanol–water partition coefficient (Wildman–Crippen LogP) is 5.67. The highest BCUT2D eigenvalue weighted by Gasteiger charge is 2.34. The molecule has 0 saturated carbocycles. The number of carbonyl (C=O) groups is 2. The van der Waals surface area contributed by atoms with Crippen molar-refractivity contribution < 1.29 is 9.59 Å². The molecule has 1 N–H and O–H groups in total. The van der Waals surface area contributed by atoms with Crippen LogP contribution in [0.5, 0.6) is 0 Å². The standard InChI is InChI=1S/C28H24ClN3O2/c29-21-10-6-9-20(17-21)23(19-7-2-1-3-8-19)13-14-26-30-18-22(31-26)15-16-32-27(33)24-11-4-5-12-25(24)28(32)34/h1-12,17-18,23H,13-16H2,(H,30,31). The average Bonchev–Trinajstić information content (AvgIpc) is 3.41. The Bertz CT molecular complexity index is 1300. The van der Waals surface area contributed by atoms with Gasteiger partial charge < -0.3 is 4.98 Å². The van der Waals surface area contributed by atoms with Gasteiger partial charge in [-0.25, -0.2) is 4.98 Å². The maximum absolute atomic E-state index is 12.6. The van der Waals surface area contributed by atoms with Crippen molar-refractivity contribution in [1.29, 1.82) is 0 Å². The zero-order chi connectivity index (χ0) is 23.5. The van der Waals surface area contributed by atoms with E-state index in [9.17, 15) is 9.59 Å². The maximum Gasteiger partial charge on any atom is 0.261 e. The molecular formula is C28H24ClN3O2. The molecule has 3 aromatic carbocycles. The summed E-state index contributed by atoms with van der Waals surface area (Å²) in [5.74, 6) is 0.632. The van der Waals surface area contributed by atoms with Gasteiger partial charge in [-0.3, -0.25) is 14.5 Å². The fraction of sp³-hybridized carbons (Fsp3) is 0.179. The van der Waals surface area contributed by atoms with Crippen LogP contribution < -0.4 is 0 Å². The first-order valence-electron chi connectivity index (χ1n) is 11.4. The molecule has 1 aliphatic heterocycles. The van der Waals surface area contributed by atoms with E-state index in [0.29, 0.717) is 24.1 Å². The third-order valence-corrected chi connectivity index (χ3v) is 6.52. The molecule has 170 valence electrons. The molecule has 0 aliphatic carbocycles. The molecule has 5 nitrogen and oxygen atoms in total. The van der Waals surface area contributed by atoms with Crippen molar-refractivity contribution in [1.82, 2.24) is 14.9 Å². The number of aromatic amines is 1. The zero-order valence-corrected chi connectivity index (χ0v) is 19.3. The number of hydrogen-bond donors (Lipinski definition) is 1. The molecule has 0 spiro atoms. The number of amides is 2. The van der Waals surface area contributed by atoms with Gasteiger partial charge in [0, 0.05) is 42.2 Å². The Kier molecular flexibility index (Phi) is 6.28. The predicted molar refractivity (Wildman–Crippen MR) is 132 cm³/mol. The molecule has 6 heteroatoms. The van der Waals surface area contributed by atoms with Gasteiger partial charge in [-0.05, 0) is 41.8 Å². The number of halogens is 1. The van der Waals surface area contributed by atoms with Crippen LogP contribution in [-0.4, -0.2) is 33.2 Å². The van der Waals surface area contributed by atoms with Crippen molar-refractivity contribution in [2.24, 2.45) is 0 Å². The molecule has 2 heterocycles. The van der Waals surface area contributed by atoms with Crippen molar-refractivity contribution in [3.05, 3.63) is 124 Å². The van der Waals surface area contributed by atoms with E-state index in [1.54, 1.807) is 30.5 Å². The first-order valence-corrected chi connectivity index (χ1v) is 11.8. The minimum Gasteiger partial charge on any atom is -0.346 e. The van der Waals surface area contributed by atoms with Crippen LogP contribution in [-0.2, 0) is 12.8 Å². The molecule has 34 heavy (non-hydrogen) atoms. The highest BCUT2D eigenvalue weighted by atomic mass is 35.5. The molecule has 0 bridgehead atoms. The minimum absolute atomic E-state index is 0.201. The van der Waals surface area contributed by atoms with E-state index < -0.39 is 0 Å². The second-order valence-corrected chi connectivity index (χ2v) is 8.91. The van der Waals surface area contributed by atoms with E-state index in [0.717, 1.165) is 29.4 Å². The number of aromatic nitrogens is 2. The van der Waals surface area contributed by atoms with E-state index in [1.165, 1.54) is 16.0 Å². The number of imide groups is 1. The quantitative estimate of drug-likeness (QED) is 0.338. The lowest BCUT2D eigenvalue weighted by Gasteiger charge is -2.18. The van der Waals surface area contributed by atoms with Crippen LogP contribution in [0.1, 0.15) is 55.7 Å². The van der Waals surface area contributed by atoms with Gasteiger partial charge >= 0.3 is 0 Å². The summed E-state index contributed by atoms with van der Waals surface area (Å²) in [5, 5.41) is 0.729. The Morgan fingerprint density at radius 2 is 1.50 bits per heavy atom. The monoisotopic (exact) mass is 469 g/mol. The fourth-order valence-electron chi connectivity index (χ4n) is 4.55.